The number of hydrogen-bond donors (Lipinski definition) is 1. The number of fused-ring (bicyclic) bond motifs is 1. The topological polar surface area (TPSA) is 27.1 Å². The average Bonchev–Trinajstić information content (AvgIpc) is 2.66. The summed E-state index contributed by atoms with van der Waals surface area (Å²) < 4.78 is 1.06. The number of hydrogen-bond acceptors (Lipinski definition) is 1. The van der Waals surface area contributed by atoms with Crippen LogP contribution in [0.4, 0.5) is 5.69 Å². The Labute approximate surface area is 162 Å². The predicted molar refractivity (Wildman–Crippen MR) is 114 cm³/mol. The Morgan fingerprint density at radius 1 is 0.923 bits per heavy atom. The Morgan fingerprint density at radius 2 is 1.62 bits per heavy atom. The molecule has 3 aromatic carbocycles. The van der Waals surface area contributed by atoms with Crippen molar-refractivity contribution in [1.82, 2.24) is 0 Å². The first-order chi connectivity index (χ1) is 12.6. The van der Waals surface area contributed by atoms with Gasteiger partial charge >= 0.3 is 0 Å². The van der Waals surface area contributed by atoms with E-state index in [1.54, 1.807) is 0 Å². The summed E-state index contributed by atoms with van der Waals surface area (Å²) in [5.74, 6) is 0.537. The quantitative estimate of drug-likeness (QED) is 0.535. The molecule has 1 aliphatic rings. The Hall–Kier alpha value is -2.65. The van der Waals surface area contributed by atoms with Crippen LogP contribution in [-0.4, -0.2) is 5.84 Å². The largest absolute Gasteiger partial charge is 0.322 e. The first-order valence-electron chi connectivity index (χ1n) is 8.60. The van der Waals surface area contributed by atoms with Crippen molar-refractivity contribution >= 4 is 39.1 Å². The number of nitrogens with one attached hydrogen (secondary N) is 1. The van der Waals surface area contributed by atoms with Crippen molar-refractivity contribution in [3.8, 4) is 0 Å². The molecule has 0 aliphatic carbocycles. The molecule has 128 valence electrons. The fourth-order valence-electron chi connectivity index (χ4n) is 3.26. The molecule has 0 saturated heterocycles. The van der Waals surface area contributed by atoms with E-state index < -0.39 is 0 Å². The lowest BCUT2D eigenvalue weighted by Gasteiger charge is -2.33. The van der Waals surface area contributed by atoms with E-state index in [0.717, 1.165) is 33.4 Å². The van der Waals surface area contributed by atoms with Gasteiger partial charge in [0.1, 0.15) is 5.84 Å². The average molecular weight is 403 g/mol. The molecule has 3 aromatic rings. The van der Waals surface area contributed by atoms with Gasteiger partial charge < -0.3 is 4.90 Å². The maximum Gasteiger partial charge on any atom is 0.133 e. The molecule has 3 heteroatoms. The molecule has 0 atom stereocenters. The lowest BCUT2D eigenvalue weighted by molar-refractivity contribution is 0.980. The van der Waals surface area contributed by atoms with Crippen molar-refractivity contribution in [2.45, 2.75) is 13.5 Å². The van der Waals surface area contributed by atoms with Crippen molar-refractivity contribution in [2.24, 2.45) is 0 Å². The Morgan fingerprint density at radius 3 is 2.35 bits per heavy atom. The summed E-state index contributed by atoms with van der Waals surface area (Å²) in [6, 6.07) is 25.0. The number of nitrogens with zero attached hydrogens (tertiary/aromatic N) is 1. The highest BCUT2D eigenvalue weighted by molar-refractivity contribution is 9.10. The normalized spacial score (nSPS) is 15.2. The van der Waals surface area contributed by atoms with E-state index >= 15 is 0 Å². The Bertz CT molecular complexity index is 985. The molecule has 0 radical (unpaired) electrons. The van der Waals surface area contributed by atoms with E-state index in [1.165, 1.54) is 11.1 Å². The summed E-state index contributed by atoms with van der Waals surface area (Å²) in [5.41, 5.74) is 6.71. The molecule has 4 rings (SSSR count). The monoisotopic (exact) mass is 402 g/mol. The molecule has 0 amide bonds. The van der Waals surface area contributed by atoms with Gasteiger partial charge in [0.15, 0.2) is 0 Å². The molecule has 26 heavy (non-hydrogen) atoms. The summed E-state index contributed by atoms with van der Waals surface area (Å²) in [4.78, 5) is 2.08. The van der Waals surface area contributed by atoms with Crippen LogP contribution in [0.25, 0.3) is 11.6 Å². The number of amidine groups is 1. The summed E-state index contributed by atoms with van der Waals surface area (Å²) in [7, 11) is 0. The number of aryl methyl sites for hydroxylation is 1. The lowest BCUT2D eigenvalue weighted by atomic mass is 9.92. The van der Waals surface area contributed by atoms with Crippen LogP contribution < -0.4 is 4.90 Å². The maximum atomic E-state index is 8.87. The van der Waals surface area contributed by atoms with Crippen LogP contribution >= 0.6 is 15.9 Å². The van der Waals surface area contributed by atoms with Crippen LogP contribution in [0.5, 0.6) is 0 Å². The molecule has 0 fully saturated rings. The molecule has 0 saturated carbocycles. The minimum atomic E-state index is 0.537. The Balaban J connectivity index is 1.82. The molecule has 1 N–H and O–H groups in total. The fourth-order valence-corrected chi connectivity index (χ4v) is 3.52. The van der Waals surface area contributed by atoms with Crippen molar-refractivity contribution < 1.29 is 0 Å². The molecule has 2 nitrogen and oxygen atoms in total. The highest BCUT2D eigenvalue weighted by atomic mass is 79.9. The zero-order valence-corrected chi connectivity index (χ0v) is 16.1. The van der Waals surface area contributed by atoms with Crippen molar-refractivity contribution in [2.75, 3.05) is 4.90 Å². The second-order valence-electron chi connectivity index (χ2n) is 6.54. The summed E-state index contributed by atoms with van der Waals surface area (Å²) in [6.45, 7) is 2.80. The molecular formula is C23H19BrN2. The van der Waals surface area contributed by atoms with Gasteiger partial charge in [-0.1, -0.05) is 70.0 Å². The van der Waals surface area contributed by atoms with E-state index in [9.17, 15) is 0 Å². The molecule has 1 aliphatic heterocycles. The fraction of sp³-hybridized carbons (Fsp3) is 0.0870. The van der Waals surface area contributed by atoms with Gasteiger partial charge in [-0.05, 0) is 54.0 Å². The third-order valence-electron chi connectivity index (χ3n) is 4.69. The van der Waals surface area contributed by atoms with Crippen LogP contribution in [0.1, 0.15) is 22.3 Å². The maximum absolute atomic E-state index is 8.87. The van der Waals surface area contributed by atoms with E-state index in [0.29, 0.717) is 5.84 Å². The van der Waals surface area contributed by atoms with Crippen LogP contribution in [-0.2, 0) is 6.54 Å². The first-order valence-corrected chi connectivity index (χ1v) is 9.40. The minimum absolute atomic E-state index is 0.537. The van der Waals surface area contributed by atoms with Gasteiger partial charge in [0.25, 0.3) is 0 Å². The number of benzene rings is 3. The molecule has 0 spiro atoms. The minimum Gasteiger partial charge on any atom is -0.322 e. The Kier molecular flexibility index (Phi) is 4.48. The number of anilines is 1. The van der Waals surface area contributed by atoms with Crippen molar-refractivity contribution in [3.63, 3.8) is 0 Å². The molecule has 1 heterocycles. The number of halogens is 1. The zero-order chi connectivity index (χ0) is 18.1. The standard InChI is InChI=1S/C23H19BrN2/c1-16-6-12-20(13-7-16)26-15-18-4-2-3-5-21(18)22(23(26)25)14-17-8-10-19(24)11-9-17/h2-14,25H,15H2,1H3. The third-order valence-corrected chi connectivity index (χ3v) is 5.22. The number of rotatable bonds is 2. The van der Waals surface area contributed by atoms with E-state index in [4.69, 9.17) is 5.41 Å². The highest BCUT2D eigenvalue weighted by Gasteiger charge is 2.25. The van der Waals surface area contributed by atoms with E-state index in [1.807, 2.05) is 18.2 Å². The van der Waals surface area contributed by atoms with Crippen LogP contribution in [0, 0.1) is 12.3 Å². The molecule has 0 unspecified atom stereocenters. The smallest absolute Gasteiger partial charge is 0.133 e. The van der Waals surface area contributed by atoms with Crippen LogP contribution in [0.2, 0.25) is 0 Å². The van der Waals surface area contributed by atoms with Crippen molar-refractivity contribution in [1.29, 1.82) is 5.41 Å². The first kappa shape index (κ1) is 16.8. The summed E-state index contributed by atoms with van der Waals surface area (Å²) >= 11 is 3.48. The van der Waals surface area contributed by atoms with Gasteiger partial charge in [0.2, 0.25) is 0 Å². The summed E-state index contributed by atoms with van der Waals surface area (Å²) in [5, 5.41) is 8.87. The van der Waals surface area contributed by atoms with Gasteiger partial charge in [-0.15, -0.1) is 0 Å². The van der Waals surface area contributed by atoms with Gasteiger partial charge in [-0.25, -0.2) is 0 Å². The van der Waals surface area contributed by atoms with Gasteiger partial charge in [0, 0.05) is 15.7 Å². The second-order valence-corrected chi connectivity index (χ2v) is 7.45. The van der Waals surface area contributed by atoms with Gasteiger partial charge in [-0.3, -0.25) is 5.41 Å². The third kappa shape index (κ3) is 3.23. The predicted octanol–water partition coefficient (Wildman–Crippen LogP) is 6.30. The van der Waals surface area contributed by atoms with Crippen LogP contribution in [0.15, 0.2) is 77.3 Å². The molecule has 0 bridgehead atoms. The van der Waals surface area contributed by atoms with E-state index in [2.05, 4.69) is 88.4 Å². The van der Waals surface area contributed by atoms with Crippen LogP contribution in [0.3, 0.4) is 0 Å². The zero-order valence-electron chi connectivity index (χ0n) is 14.5. The summed E-state index contributed by atoms with van der Waals surface area (Å²) in [6.07, 6.45) is 2.11. The van der Waals surface area contributed by atoms with Gasteiger partial charge in [-0.2, -0.15) is 0 Å². The molecular weight excluding hydrogens is 384 g/mol. The lowest BCUT2D eigenvalue weighted by Crippen LogP contribution is -2.34. The van der Waals surface area contributed by atoms with E-state index in [-0.39, 0.29) is 0 Å². The highest BCUT2D eigenvalue weighted by Crippen LogP contribution is 2.33. The van der Waals surface area contributed by atoms with Crippen molar-refractivity contribution in [3.05, 3.63) is 99.5 Å². The molecule has 0 aromatic heterocycles. The van der Waals surface area contributed by atoms with Gasteiger partial charge in [0.05, 0.1) is 6.54 Å². The second kappa shape index (κ2) is 6.93. The SMILES string of the molecule is Cc1ccc(N2Cc3ccccc3C(=Cc3ccc(Br)cc3)C2=N)cc1.